The summed E-state index contributed by atoms with van der Waals surface area (Å²) < 4.78 is 24.0. The van der Waals surface area contributed by atoms with E-state index >= 15 is 0 Å². The highest BCUT2D eigenvalue weighted by Crippen LogP contribution is 2.62. The summed E-state index contributed by atoms with van der Waals surface area (Å²) in [6.07, 6.45) is 0. The van der Waals surface area contributed by atoms with E-state index in [4.69, 9.17) is 0 Å². The molecule has 0 unspecified atom stereocenters. The SMILES string of the molecule is CCS(=O)(=O)[C@H]1[C@@H](c2ccccc2)[C@@]1(C#N)CO. The van der Waals surface area contributed by atoms with Crippen molar-refractivity contribution in [2.24, 2.45) is 5.41 Å². The van der Waals surface area contributed by atoms with Crippen molar-refractivity contribution in [3.63, 3.8) is 0 Å². The number of nitrogens with zero attached hydrogens (tertiary/aromatic N) is 1. The first-order chi connectivity index (χ1) is 8.53. The van der Waals surface area contributed by atoms with Crippen molar-refractivity contribution in [1.29, 1.82) is 5.26 Å². The lowest BCUT2D eigenvalue weighted by molar-refractivity contribution is 0.242. The van der Waals surface area contributed by atoms with Crippen LogP contribution in [-0.4, -0.2) is 31.1 Å². The fourth-order valence-corrected chi connectivity index (χ4v) is 4.61. The molecule has 0 aliphatic heterocycles. The van der Waals surface area contributed by atoms with Gasteiger partial charge in [-0.05, 0) is 5.56 Å². The van der Waals surface area contributed by atoms with Crippen LogP contribution in [0.4, 0.5) is 0 Å². The highest BCUT2D eigenvalue weighted by Gasteiger charge is 2.71. The van der Waals surface area contributed by atoms with Gasteiger partial charge in [-0.15, -0.1) is 0 Å². The van der Waals surface area contributed by atoms with Gasteiger partial charge in [0.2, 0.25) is 0 Å². The van der Waals surface area contributed by atoms with Gasteiger partial charge in [0.05, 0.1) is 17.9 Å². The number of aliphatic hydroxyl groups is 1. The molecule has 0 amide bonds. The topological polar surface area (TPSA) is 78.2 Å². The Hall–Kier alpha value is -1.38. The summed E-state index contributed by atoms with van der Waals surface area (Å²) in [5.74, 6) is -0.427. The van der Waals surface area contributed by atoms with Crippen LogP contribution in [0.3, 0.4) is 0 Å². The van der Waals surface area contributed by atoms with Gasteiger partial charge in [-0.25, -0.2) is 8.42 Å². The predicted molar refractivity (Wildman–Crippen MR) is 67.6 cm³/mol. The Morgan fingerprint density at radius 3 is 2.44 bits per heavy atom. The maximum Gasteiger partial charge on any atom is 0.155 e. The fraction of sp³-hybridized carbons (Fsp3) is 0.462. The smallest absolute Gasteiger partial charge is 0.155 e. The normalized spacial score (nSPS) is 30.7. The van der Waals surface area contributed by atoms with Crippen molar-refractivity contribution in [3.05, 3.63) is 35.9 Å². The molecule has 1 aliphatic rings. The van der Waals surface area contributed by atoms with Gasteiger partial charge in [0.15, 0.2) is 9.84 Å². The van der Waals surface area contributed by atoms with E-state index in [0.29, 0.717) is 0 Å². The number of rotatable bonds is 4. The van der Waals surface area contributed by atoms with Crippen LogP contribution in [0.2, 0.25) is 0 Å². The van der Waals surface area contributed by atoms with E-state index in [2.05, 4.69) is 0 Å². The van der Waals surface area contributed by atoms with E-state index in [1.54, 1.807) is 19.1 Å². The summed E-state index contributed by atoms with van der Waals surface area (Å²) in [7, 11) is -3.34. The van der Waals surface area contributed by atoms with E-state index in [9.17, 15) is 18.8 Å². The number of hydrogen-bond donors (Lipinski definition) is 1. The van der Waals surface area contributed by atoms with Crippen LogP contribution in [0.25, 0.3) is 0 Å². The van der Waals surface area contributed by atoms with Crippen LogP contribution in [0, 0.1) is 16.7 Å². The van der Waals surface area contributed by atoms with Crippen LogP contribution in [0.1, 0.15) is 18.4 Å². The third kappa shape index (κ3) is 1.73. The molecule has 0 aromatic heterocycles. The highest BCUT2D eigenvalue weighted by molar-refractivity contribution is 7.92. The summed E-state index contributed by atoms with van der Waals surface area (Å²) in [5, 5.41) is 17.9. The van der Waals surface area contributed by atoms with E-state index in [0.717, 1.165) is 5.56 Å². The largest absolute Gasteiger partial charge is 0.395 e. The van der Waals surface area contributed by atoms with Crippen LogP contribution < -0.4 is 0 Å². The Morgan fingerprint density at radius 1 is 1.39 bits per heavy atom. The van der Waals surface area contributed by atoms with Gasteiger partial charge in [-0.1, -0.05) is 37.3 Å². The Kier molecular flexibility index (Phi) is 3.18. The van der Waals surface area contributed by atoms with Crippen molar-refractivity contribution in [2.75, 3.05) is 12.4 Å². The summed E-state index contributed by atoms with van der Waals surface area (Å²) in [6.45, 7) is 1.14. The maximum atomic E-state index is 12.0. The van der Waals surface area contributed by atoms with E-state index in [-0.39, 0.29) is 5.75 Å². The zero-order valence-corrected chi connectivity index (χ0v) is 10.9. The number of sulfone groups is 1. The highest BCUT2D eigenvalue weighted by atomic mass is 32.2. The summed E-state index contributed by atoms with van der Waals surface area (Å²) in [4.78, 5) is 0. The molecule has 4 nitrogen and oxygen atoms in total. The Balaban J connectivity index is 2.46. The van der Waals surface area contributed by atoms with E-state index in [1.165, 1.54) is 0 Å². The van der Waals surface area contributed by atoms with Crippen molar-refractivity contribution in [2.45, 2.75) is 18.1 Å². The number of aliphatic hydroxyl groups excluding tert-OH is 1. The molecule has 1 N–H and O–H groups in total. The summed E-state index contributed by atoms with van der Waals surface area (Å²) in [6, 6.07) is 11.1. The van der Waals surface area contributed by atoms with Crippen LogP contribution >= 0.6 is 0 Å². The Morgan fingerprint density at radius 2 is 2.00 bits per heavy atom. The van der Waals surface area contributed by atoms with Crippen LogP contribution in [0.5, 0.6) is 0 Å². The van der Waals surface area contributed by atoms with Crippen LogP contribution in [-0.2, 0) is 9.84 Å². The lowest BCUT2D eigenvalue weighted by Gasteiger charge is -2.03. The molecule has 1 aromatic carbocycles. The fourth-order valence-electron chi connectivity index (χ4n) is 2.60. The van der Waals surface area contributed by atoms with Gasteiger partial charge >= 0.3 is 0 Å². The molecule has 3 atom stereocenters. The van der Waals surface area contributed by atoms with Crippen molar-refractivity contribution >= 4 is 9.84 Å². The van der Waals surface area contributed by atoms with Gasteiger partial charge in [0, 0.05) is 11.7 Å². The van der Waals surface area contributed by atoms with Gasteiger partial charge < -0.3 is 5.11 Å². The van der Waals surface area contributed by atoms with Gasteiger partial charge in [-0.3, -0.25) is 0 Å². The van der Waals surface area contributed by atoms with Gasteiger partial charge in [-0.2, -0.15) is 5.26 Å². The Bertz CT molecular complexity index is 576. The Labute approximate surface area is 107 Å². The molecule has 1 saturated carbocycles. The molecule has 18 heavy (non-hydrogen) atoms. The first kappa shape index (κ1) is 13.1. The average molecular weight is 265 g/mol. The molecule has 1 aromatic rings. The molecular weight excluding hydrogens is 250 g/mol. The second-order valence-electron chi connectivity index (χ2n) is 4.57. The molecule has 0 heterocycles. The minimum absolute atomic E-state index is 0.00949. The van der Waals surface area contributed by atoms with Crippen molar-refractivity contribution < 1.29 is 13.5 Å². The number of hydrogen-bond acceptors (Lipinski definition) is 4. The number of benzene rings is 1. The average Bonchev–Trinajstić information content (AvgIpc) is 3.10. The van der Waals surface area contributed by atoms with Crippen molar-refractivity contribution in [1.82, 2.24) is 0 Å². The van der Waals surface area contributed by atoms with Crippen molar-refractivity contribution in [3.8, 4) is 6.07 Å². The third-order valence-electron chi connectivity index (χ3n) is 3.67. The van der Waals surface area contributed by atoms with E-state index < -0.39 is 33.0 Å². The number of nitriles is 1. The standard InChI is InChI=1S/C13H15NO3S/c1-2-18(16,17)12-11(13(12,8-14)9-15)10-6-4-3-5-7-10/h3-7,11-12,15H,2,9H2,1H3/t11-,12+,13-/m1/s1. The zero-order valence-electron chi connectivity index (χ0n) is 10.1. The molecule has 96 valence electrons. The molecule has 0 spiro atoms. The van der Waals surface area contributed by atoms with Gasteiger partial charge in [0.1, 0.15) is 5.41 Å². The summed E-state index contributed by atoms with van der Waals surface area (Å²) in [5.41, 5.74) is -0.369. The molecule has 5 heteroatoms. The summed E-state index contributed by atoms with van der Waals surface area (Å²) >= 11 is 0. The monoisotopic (exact) mass is 265 g/mol. The van der Waals surface area contributed by atoms with Gasteiger partial charge in [0.25, 0.3) is 0 Å². The first-order valence-electron chi connectivity index (χ1n) is 5.82. The van der Waals surface area contributed by atoms with Crippen LogP contribution in [0.15, 0.2) is 30.3 Å². The first-order valence-corrected chi connectivity index (χ1v) is 7.53. The molecule has 0 bridgehead atoms. The molecule has 0 radical (unpaired) electrons. The zero-order chi connectivity index (χ0) is 13.4. The second kappa shape index (κ2) is 4.38. The molecule has 1 fully saturated rings. The molecule has 1 aliphatic carbocycles. The molecular formula is C13H15NO3S. The molecule has 2 rings (SSSR count). The predicted octanol–water partition coefficient (Wildman–Crippen LogP) is 1.09. The second-order valence-corrected chi connectivity index (χ2v) is 6.98. The quantitative estimate of drug-likeness (QED) is 0.884. The lowest BCUT2D eigenvalue weighted by atomic mass is 10.0. The minimum Gasteiger partial charge on any atom is -0.395 e. The minimum atomic E-state index is -3.34. The lowest BCUT2D eigenvalue weighted by Crippen LogP contribution is -2.19. The van der Waals surface area contributed by atoms with E-state index in [1.807, 2.05) is 24.3 Å². The third-order valence-corrected chi connectivity index (χ3v) is 5.95. The maximum absolute atomic E-state index is 12.0. The molecule has 0 saturated heterocycles.